The van der Waals surface area contributed by atoms with Gasteiger partial charge in [0.25, 0.3) is 11.8 Å². The summed E-state index contributed by atoms with van der Waals surface area (Å²) in [5.41, 5.74) is 4.83. The number of benzene rings is 2. The molecule has 5 amide bonds. The van der Waals surface area contributed by atoms with Crippen molar-refractivity contribution in [1.82, 2.24) is 25.1 Å². The number of pyridine rings is 1. The van der Waals surface area contributed by atoms with Gasteiger partial charge in [0.15, 0.2) is 0 Å². The van der Waals surface area contributed by atoms with Crippen molar-refractivity contribution in [2.24, 2.45) is 0 Å². The number of nitrogens with one attached hydrogen (secondary N) is 2. The van der Waals surface area contributed by atoms with Crippen molar-refractivity contribution in [2.45, 2.75) is 63.0 Å². The van der Waals surface area contributed by atoms with E-state index in [4.69, 9.17) is 16.3 Å². The maximum absolute atomic E-state index is 15.4. The number of piperazine rings is 1. The molecule has 0 spiro atoms. The lowest BCUT2D eigenvalue weighted by molar-refractivity contribution is -0.136. The van der Waals surface area contributed by atoms with E-state index in [1.54, 1.807) is 6.20 Å². The molecule has 2 aromatic carbocycles. The fraction of sp³-hybridized carbons (Fsp3) is 0.415. The minimum absolute atomic E-state index is 0.0105. The van der Waals surface area contributed by atoms with E-state index in [0.29, 0.717) is 56.6 Å². The first kappa shape index (κ1) is 36.5. The number of hydrogen-bond donors (Lipinski definition) is 2. The molecule has 13 nitrogen and oxygen atoms in total. The fourth-order valence-electron chi connectivity index (χ4n) is 8.55. The highest BCUT2D eigenvalue weighted by atomic mass is 35.5. The summed E-state index contributed by atoms with van der Waals surface area (Å²) in [5.74, 6) is -2.61. The quantitative estimate of drug-likeness (QED) is 0.167. The first-order valence-corrected chi connectivity index (χ1v) is 19.7. The third-order valence-corrected chi connectivity index (χ3v) is 12.1. The maximum atomic E-state index is 15.4. The number of piperidine rings is 2. The van der Waals surface area contributed by atoms with E-state index in [1.807, 2.05) is 40.3 Å². The zero-order valence-electron chi connectivity index (χ0n) is 30.7. The van der Waals surface area contributed by atoms with Crippen LogP contribution in [0.4, 0.5) is 15.8 Å². The Balaban J connectivity index is 0.744. The summed E-state index contributed by atoms with van der Waals surface area (Å²) in [4.78, 5) is 78.2. The third kappa shape index (κ3) is 6.73. The molecule has 1 aliphatic carbocycles. The van der Waals surface area contributed by atoms with Crippen LogP contribution in [0.2, 0.25) is 5.02 Å². The maximum Gasteiger partial charge on any atom is 0.262 e. The van der Waals surface area contributed by atoms with Crippen LogP contribution in [0.1, 0.15) is 77.1 Å². The number of aromatic amines is 1. The molecule has 2 N–H and O–H groups in total. The number of carbonyl (C=O) groups excluding carboxylic acids is 5. The van der Waals surface area contributed by atoms with Crippen molar-refractivity contribution in [2.75, 3.05) is 55.7 Å². The van der Waals surface area contributed by atoms with Crippen LogP contribution >= 0.6 is 11.6 Å². The van der Waals surface area contributed by atoms with Crippen LogP contribution in [0, 0.1) is 5.82 Å². The lowest BCUT2D eigenvalue weighted by atomic mass is 10.0. The Hall–Kier alpha value is -5.18. The van der Waals surface area contributed by atoms with Crippen LogP contribution in [0.3, 0.4) is 0 Å². The van der Waals surface area contributed by atoms with Crippen molar-refractivity contribution in [3.8, 4) is 11.1 Å². The van der Waals surface area contributed by atoms with E-state index in [-0.39, 0.29) is 41.7 Å². The first-order valence-electron chi connectivity index (χ1n) is 19.3. The number of aromatic nitrogens is 2. The highest BCUT2D eigenvalue weighted by Crippen LogP contribution is 2.46. The molecule has 56 heavy (non-hydrogen) atoms. The number of halogens is 2. The molecule has 15 heteroatoms. The molecule has 0 bridgehead atoms. The van der Waals surface area contributed by atoms with E-state index in [9.17, 15) is 24.0 Å². The first-order chi connectivity index (χ1) is 27.1. The van der Waals surface area contributed by atoms with Gasteiger partial charge in [-0.15, -0.1) is 0 Å². The predicted molar refractivity (Wildman–Crippen MR) is 206 cm³/mol. The average molecular weight is 782 g/mol. The topological polar surface area (TPSA) is 148 Å². The highest BCUT2D eigenvalue weighted by Gasteiger charge is 2.45. The lowest BCUT2D eigenvalue weighted by Gasteiger charge is -2.35. The summed E-state index contributed by atoms with van der Waals surface area (Å²) in [5, 5.41) is 3.84. The Bertz CT molecular complexity index is 2290. The minimum atomic E-state index is -1.11. The molecule has 4 aromatic rings. The largest absolute Gasteiger partial charge is 0.378 e. The van der Waals surface area contributed by atoms with Gasteiger partial charge in [0, 0.05) is 74.8 Å². The Morgan fingerprint density at radius 2 is 1.70 bits per heavy atom. The number of nitrogens with zero attached hydrogens (tertiary/aromatic N) is 5. The fourth-order valence-corrected chi connectivity index (χ4v) is 8.90. The monoisotopic (exact) mass is 781 g/mol. The summed E-state index contributed by atoms with van der Waals surface area (Å²) >= 11 is 6.97. The van der Waals surface area contributed by atoms with Gasteiger partial charge in [-0.3, -0.25) is 39.1 Å². The molecular formula is C41H41ClFN7O6. The van der Waals surface area contributed by atoms with Crippen LogP contribution in [0.15, 0.2) is 48.8 Å². The molecule has 2 aromatic heterocycles. The summed E-state index contributed by atoms with van der Waals surface area (Å²) in [6.07, 6.45) is 8.26. The molecule has 6 heterocycles. The molecule has 0 radical (unpaired) electrons. The van der Waals surface area contributed by atoms with Crippen molar-refractivity contribution in [3.05, 3.63) is 76.3 Å². The number of amides is 5. The molecule has 1 unspecified atom stereocenters. The van der Waals surface area contributed by atoms with Gasteiger partial charge in [0.05, 0.1) is 34.5 Å². The van der Waals surface area contributed by atoms with Gasteiger partial charge < -0.3 is 19.5 Å². The molecule has 1 saturated carbocycles. The number of fused-ring (bicyclic) bond motifs is 2. The number of hydrogen-bond acceptors (Lipinski definition) is 9. The van der Waals surface area contributed by atoms with Crippen molar-refractivity contribution >= 4 is 63.5 Å². The number of rotatable bonds is 10. The Morgan fingerprint density at radius 1 is 0.911 bits per heavy atom. The molecule has 4 fully saturated rings. The number of carbonyl (C=O) groups is 5. The molecule has 9 rings (SSSR count). The zero-order valence-corrected chi connectivity index (χ0v) is 31.4. The lowest BCUT2D eigenvalue weighted by Crippen LogP contribution is -2.54. The number of anilines is 2. The standard InChI is InChI=1S/C41H41ClFN7O6/c42-37-30(21-45-38-36(37)29(20-44-38)23-5-6-23)24-3-1-4-25(17-24)49-15-14-47(22-35(49)52)11-2-16-56-26-9-12-48(13-10-26)33-19-28-27(18-31(33)43)40(54)50(41(28)55)32-7-8-34(51)46-39(32)53/h1,3-4,17-21,23,26,32H,2,5-16,22H2,(H,44,45)(H,46,51,53). The third-order valence-electron chi connectivity index (χ3n) is 11.7. The molecule has 1 atom stereocenters. The van der Waals surface area contributed by atoms with Gasteiger partial charge >= 0.3 is 0 Å². The van der Waals surface area contributed by atoms with Gasteiger partial charge in [-0.1, -0.05) is 23.7 Å². The SMILES string of the molecule is O=C1CCC(N2C(=O)c3cc(F)c(N4CCC(OCCCN5CCN(c6cccc(-c7cnc8[nH]cc(C9CC9)c8c7Cl)c6)C(=O)C5)CC4)cc3C2=O)C(=O)N1. The normalized spacial score (nSPS) is 21.1. The molecular weight excluding hydrogens is 741 g/mol. The number of H-pyrrole nitrogens is 1. The summed E-state index contributed by atoms with van der Waals surface area (Å²) in [7, 11) is 0. The summed E-state index contributed by atoms with van der Waals surface area (Å²) in [6, 6.07) is 9.29. The van der Waals surface area contributed by atoms with Crippen LogP contribution in [-0.4, -0.2) is 107 Å². The second-order valence-corrected chi connectivity index (χ2v) is 15.7. The molecule has 4 aliphatic heterocycles. The minimum Gasteiger partial charge on any atom is -0.378 e. The van der Waals surface area contributed by atoms with Crippen LogP contribution in [0.5, 0.6) is 0 Å². The van der Waals surface area contributed by atoms with E-state index in [1.165, 1.54) is 24.5 Å². The van der Waals surface area contributed by atoms with Crippen LogP contribution in [-0.2, 0) is 19.1 Å². The van der Waals surface area contributed by atoms with Gasteiger partial charge in [0.2, 0.25) is 17.7 Å². The number of ether oxygens (including phenoxy) is 1. The van der Waals surface area contributed by atoms with Crippen molar-refractivity contribution in [3.63, 3.8) is 0 Å². The molecule has 3 saturated heterocycles. The second kappa shape index (κ2) is 14.7. The average Bonchev–Trinajstić information content (AvgIpc) is 3.90. The van der Waals surface area contributed by atoms with E-state index < -0.39 is 35.5 Å². The molecule has 290 valence electrons. The van der Waals surface area contributed by atoms with Gasteiger partial charge in [-0.25, -0.2) is 9.37 Å². The summed E-state index contributed by atoms with van der Waals surface area (Å²) in [6.45, 7) is 3.89. The van der Waals surface area contributed by atoms with Crippen LogP contribution < -0.4 is 15.1 Å². The van der Waals surface area contributed by atoms with Crippen molar-refractivity contribution < 1.29 is 33.1 Å². The van der Waals surface area contributed by atoms with Gasteiger partial charge in [-0.05, 0) is 79.8 Å². The Kier molecular flexibility index (Phi) is 9.58. The Morgan fingerprint density at radius 3 is 2.45 bits per heavy atom. The van der Waals surface area contributed by atoms with E-state index >= 15 is 4.39 Å². The van der Waals surface area contributed by atoms with E-state index in [0.717, 1.165) is 58.3 Å². The highest BCUT2D eigenvalue weighted by molar-refractivity contribution is 6.38. The zero-order chi connectivity index (χ0) is 38.7. The van der Waals surface area contributed by atoms with Gasteiger partial charge in [0.1, 0.15) is 17.5 Å². The van der Waals surface area contributed by atoms with Crippen LogP contribution in [0.25, 0.3) is 22.2 Å². The summed E-state index contributed by atoms with van der Waals surface area (Å²) < 4.78 is 21.5. The Labute approximate surface area is 327 Å². The van der Waals surface area contributed by atoms with Crippen molar-refractivity contribution in [1.29, 1.82) is 0 Å². The molecule has 5 aliphatic rings. The van der Waals surface area contributed by atoms with Gasteiger partial charge in [-0.2, -0.15) is 0 Å². The van der Waals surface area contributed by atoms with E-state index in [2.05, 4.69) is 20.2 Å². The second-order valence-electron chi connectivity index (χ2n) is 15.3. The predicted octanol–water partition coefficient (Wildman–Crippen LogP) is 5.03. The number of imide groups is 2. The smallest absolute Gasteiger partial charge is 0.262 e.